The second-order valence-corrected chi connectivity index (χ2v) is 6.66. The first kappa shape index (κ1) is 15.5. The molecule has 3 N–H and O–H groups in total. The monoisotopic (exact) mass is 314 g/mol. The highest BCUT2D eigenvalue weighted by Gasteiger charge is 2.23. The van der Waals surface area contributed by atoms with Gasteiger partial charge >= 0.3 is 0 Å². The van der Waals surface area contributed by atoms with Gasteiger partial charge in [-0.2, -0.15) is 0 Å². The molecule has 0 radical (unpaired) electrons. The minimum absolute atomic E-state index is 0.370. The average molecular weight is 315 g/mol. The largest absolute Gasteiger partial charge is 0.329 e. The van der Waals surface area contributed by atoms with E-state index < -0.39 is 0 Å². The summed E-state index contributed by atoms with van der Waals surface area (Å²) in [7, 11) is 0. The third-order valence-electron chi connectivity index (χ3n) is 4.55. The smallest absolute Gasteiger partial charge is 0.0406 e. The van der Waals surface area contributed by atoms with Gasteiger partial charge in [0.2, 0.25) is 0 Å². The number of hydrogen-bond donors (Lipinski definition) is 2. The van der Waals surface area contributed by atoms with Gasteiger partial charge in [0.15, 0.2) is 0 Å². The van der Waals surface area contributed by atoms with Gasteiger partial charge in [-0.15, -0.1) is 0 Å². The van der Waals surface area contributed by atoms with Crippen molar-refractivity contribution < 1.29 is 0 Å². The van der Waals surface area contributed by atoms with Crippen molar-refractivity contribution in [2.75, 3.05) is 6.54 Å². The van der Waals surface area contributed by atoms with Crippen molar-refractivity contribution >= 4 is 11.6 Å². The maximum atomic E-state index is 5.96. The molecule has 3 rings (SSSR count). The van der Waals surface area contributed by atoms with E-state index in [1.807, 2.05) is 12.1 Å². The van der Waals surface area contributed by atoms with E-state index in [9.17, 15) is 0 Å². The zero-order chi connectivity index (χ0) is 15.4. The molecule has 22 heavy (non-hydrogen) atoms. The van der Waals surface area contributed by atoms with Crippen LogP contribution >= 0.6 is 11.6 Å². The van der Waals surface area contributed by atoms with Crippen LogP contribution in [-0.2, 0) is 19.4 Å². The second-order valence-electron chi connectivity index (χ2n) is 6.22. The first-order chi connectivity index (χ1) is 10.7. The Kier molecular flexibility index (Phi) is 5.14. The van der Waals surface area contributed by atoms with Crippen molar-refractivity contribution in [3.05, 3.63) is 70.2 Å². The Morgan fingerprint density at radius 2 is 1.68 bits per heavy atom. The highest BCUT2D eigenvalue weighted by Crippen LogP contribution is 2.29. The second kappa shape index (κ2) is 7.28. The third kappa shape index (κ3) is 3.89. The maximum absolute atomic E-state index is 5.96. The Labute approximate surface area is 137 Å². The van der Waals surface area contributed by atoms with Crippen molar-refractivity contribution in [1.29, 1.82) is 0 Å². The fourth-order valence-electron chi connectivity index (χ4n) is 3.35. The highest BCUT2D eigenvalue weighted by atomic mass is 35.5. The molecule has 2 aromatic carbocycles. The van der Waals surface area contributed by atoms with E-state index in [1.54, 1.807) is 0 Å². The average Bonchev–Trinajstić information content (AvgIpc) is 2.95. The molecule has 1 atom stereocenters. The molecule has 0 aliphatic heterocycles. The van der Waals surface area contributed by atoms with E-state index in [4.69, 9.17) is 17.3 Å². The number of halogens is 1. The molecule has 0 spiro atoms. The molecule has 0 saturated heterocycles. The van der Waals surface area contributed by atoms with Crippen LogP contribution in [0.1, 0.15) is 23.1 Å². The van der Waals surface area contributed by atoms with E-state index in [0.29, 0.717) is 18.5 Å². The van der Waals surface area contributed by atoms with Crippen LogP contribution < -0.4 is 11.1 Å². The maximum Gasteiger partial charge on any atom is 0.0406 e. The number of nitrogens with two attached hydrogens (primary N) is 1. The molecule has 1 unspecified atom stereocenters. The summed E-state index contributed by atoms with van der Waals surface area (Å²) in [4.78, 5) is 0. The van der Waals surface area contributed by atoms with Gasteiger partial charge < -0.3 is 11.1 Å². The van der Waals surface area contributed by atoms with Crippen LogP contribution in [0.2, 0.25) is 5.02 Å². The number of benzene rings is 2. The summed E-state index contributed by atoms with van der Waals surface area (Å²) in [6.07, 6.45) is 3.52. The summed E-state index contributed by atoms with van der Waals surface area (Å²) < 4.78 is 0. The van der Waals surface area contributed by atoms with E-state index in [-0.39, 0.29) is 0 Å². The topological polar surface area (TPSA) is 38.0 Å². The van der Waals surface area contributed by atoms with Gasteiger partial charge in [0, 0.05) is 24.2 Å². The van der Waals surface area contributed by atoms with Crippen molar-refractivity contribution in [2.45, 2.75) is 31.8 Å². The van der Waals surface area contributed by atoms with Crippen LogP contribution in [0, 0.1) is 5.92 Å². The minimum atomic E-state index is 0.370. The number of fused-ring (bicyclic) bond motifs is 1. The molecule has 2 aromatic rings. The van der Waals surface area contributed by atoms with E-state index >= 15 is 0 Å². The quantitative estimate of drug-likeness (QED) is 0.855. The molecule has 1 aliphatic carbocycles. The minimum Gasteiger partial charge on any atom is -0.329 e. The Morgan fingerprint density at radius 3 is 2.27 bits per heavy atom. The molecule has 0 fully saturated rings. The normalized spacial score (nSPS) is 15.7. The predicted octanol–water partition coefficient (Wildman–Crippen LogP) is 3.56. The molecule has 0 amide bonds. The van der Waals surface area contributed by atoms with Crippen LogP contribution in [-0.4, -0.2) is 12.6 Å². The van der Waals surface area contributed by atoms with Crippen LogP contribution in [0.15, 0.2) is 48.5 Å². The molecule has 1 aliphatic rings. The standard InChI is InChI=1S/C19H23ClN2/c20-18-7-5-14(6-8-18)13-22-19(12-21)11-15-9-16-3-1-2-4-17(16)10-15/h1-8,15,19,22H,9-13,21H2. The molecule has 116 valence electrons. The Balaban J connectivity index is 1.51. The van der Waals surface area contributed by atoms with Crippen LogP contribution in [0.5, 0.6) is 0 Å². The van der Waals surface area contributed by atoms with Crippen molar-refractivity contribution in [3.63, 3.8) is 0 Å². The van der Waals surface area contributed by atoms with Gasteiger partial charge in [-0.3, -0.25) is 0 Å². The summed E-state index contributed by atoms with van der Waals surface area (Å²) in [6, 6.07) is 17.2. The molecular weight excluding hydrogens is 292 g/mol. The lowest BCUT2D eigenvalue weighted by atomic mass is 9.96. The lowest BCUT2D eigenvalue weighted by Gasteiger charge is -2.20. The number of nitrogens with one attached hydrogen (secondary N) is 1. The lowest BCUT2D eigenvalue weighted by molar-refractivity contribution is 0.395. The Morgan fingerprint density at radius 1 is 1.05 bits per heavy atom. The number of hydrogen-bond acceptors (Lipinski definition) is 2. The van der Waals surface area contributed by atoms with Crippen molar-refractivity contribution in [2.24, 2.45) is 11.7 Å². The van der Waals surface area contributed by atoms with Gasteiger partial charge in [-0.1, -0.05) is 48.0 Å². The number of rotatable bonds is 6. The summed E-state index contributed by atoms with van der Waals surface area (Å²) in [5.74, 6) is 0.712. The SMILES string of the molecule is NCC(CC1Cc2ccccc2C1)NCc1ccc(Cl)cc1. The van der Waals surface area contributed by atoms with Crippen LogP contribution in [0.4, 0.5) is 0 Å². The molecule has 2 nitrogen and oxygen atoms in total. The van der Waals surface area contributed by atoms with E-state index in [1.165, 1.54) is 29.5 Å². The van der Waals surface area contributed by atoms with Gasteiger partial charge in [0.25, 0.3) is 0 Å². The molecule has 0 saturated carbocycles. The molecule has 3 heteroatoms. The van der Waals surface area contributed by atoms with Gasteiger partial charge in [0.05, 0.1) is 0 Å². The summed E-state index contributed by atoms with van der Waals surface area (Å²) >= 11 is 5.92. The summed E-state index contributed by atoms with van der Waals surface area (Å²) in [5.41, 5.74) is 10.2. The highest BCUT2D eigenvalue weighted by molar-refractivity contribution is 6.30. The predicted molar refractivity (Wildman–Crippen MR) is 93.1 cm³/mol. The lowest BCUT2D eigenvalue weighted by Crippen LogP contribution is -2.37. The van der Waals surface area contributed by atoms with Gasteiger partial charge in [-0.05, 0) is 54.0 Å². The van der Waals surface area contributed by atoms with Gasteiger partial charge in [0.1, 0.15) is 0 Å². The van der Waals surface area contributed by atoms with Crippen LogP contribution in [0.25, 0.3) is 0 Å². The van der Waals surface area contributed by atoms with Crippen LogP contribution in [0.3, 0.4) is 0 Å². The first-order valence-corrected chi connectivity index (χ1v) is 8.37. The van der Waals surface area contributed by atoms with Crippen molar-refractivity contribution in [3.8, 4) is 0 Å². The zero-order valence-electron chi connectivity index (χ0n) is 12.8. The molecule has 0 bridgehead atoms. The Bertz CT molecular complexity index is 584. The summed E-state index contributed by atoms with van der Waals surface area (Å²) in [6.45, 7) is 1.53. The van der Waals surface area contributed by atoms with Gasteiger partial charge in [-0.25, -0.2) is 0 Å². The Hall–Kier alpha value is -1.35. The summed E-state index contributed by atoms with van der Waals surface area (Å²) in [5, 5.41) is 4.37. The van der Waals surface area contributed by atoms with Crippen molar-refractivity contribution in [1.82, 2.24) is 5.32 Å². The fourth-order valence-corrected chi connectivity index (χ4v) is 3.47. The third-order valence-corrected chi connectivity index (χ3v) is 4.80. The fraction of sp³-hybridized carbons (Fsp3) is 0.368. The molecule has 0 aromatic heterocycles. The van der Waals surface area contributed by atoms with E-state index in [2.05, 4.69) is 41.7 Å². The molecule has 0 heterocycles. The first-order valence-electron chi connectivity index (χ1n) is 7.99. The zero-order valence-corrected chi connectivity index (χ0v) is 13.5. The molecular formula is C19H23ClN2. The van der Waals surface area contributed by atoms with E-state index in [0.717, 1.165) is 18.0 Å².